The van der Waals surface area contributed by atoms with Gasteiger partial charge in [-0.2, -0.15) is 0 Å². The molecule has 0 radical (unpaired) electrons. The molecule has 0 spiro atoms. The zero-order valence-electron chi connectivity index (χ0n) is 11.3. The molecule has 1 aromatic carbocycles. The number of benzene rings is 1. The van der Waals surface area contributed by atoms with Crippen molar-refractivity contribution in [2.45, 2.75) is 50.6 Å². The normalized spacial score (nSPS) is 22.1. The van der Waals surface area contributed by atoms with Gasteiger partial charge in [-0.1, -0.05) is 34.1 Å². The lowest BCUT2D eigenvalue weighted by Gasteiger charge is -2.20. The van der Waals surface area contributed by atoms with Gasteiger partial charge in [0.1, 0.15) is 12.4 Å². The number of hydrogen-bond donors (Lipinski definition) is 0. The summed E-state index contributed by atoms with van der Waals surface area (Å²) in [5.41, 5.74) is 2.40. The number of hydrogen-bond acceptors (Lipinski definition) is 2. The van der Waals surface area contributed by atoms with E-state index in [4.69, 9.17) is 9.47 Å². The summed E-state index contributed by atoms with van der Waals surface area (Å²) < 4.78 is 11.9. The van der Waals surface area contributed by atoms with Gasteiger partial charge in [0, 0.05) is 10.9 Å². The van der Waals surface area contributed by atoms with Crippen LogP contribution in [0.4, 0.5) is 0 Å². The zero-order chi connectivity index (χ0) is 13.2. The number of rotatable bonds is 4. The van der Waals surface area contributed by atoms with Crippen LogP contribution in [0.5, 0.6) is 5.75 Å². The first-order chi connectivity index (χ1) is 8.52. The van der Waals surface area contributed by atoms with E-state index in [0.29, 0.717) is 6.61 Å². The fraction of sp³-hybridized carbons (Fsp3) is 0.600. The Morgan fingerprint density at radius 3 is 2.83 bits per heavy atom. The lowest BCUT2D eigenvalue weighted by atomic mass is 10.1. The highest BCUT2D eigenvalue weighted by Crippen LogP contribution is 2.31. The number of halogens is 1. The van der Waals surface area contributed by atoms with Gasteiger partial charge in [-0.3, -0.25) is 0 Å². The molecule has 0 aromatic heterocycles. The minimum Gasteiger partial charge on any atom is -0.490 e. The molecule has 2 nitrogen and oxygen atoms in total. The molecule has 3 heteroatoms. The van der Waals surface area contributed by atoms with E-state index in [-0.39, 0.29) is 11.7 Å². The topological polar surface area (TPSA) is 18.5 Å². The number of aryl methyl sites for hydroxylation is 1. The van der Waals surface area contributed by atoms with Crippen molar-refractivity contribution < 1.29 is 9.47 Å². The van der Waals surface area contributed by atoms with E-state index in [1.807, 2.05) is 0 Å². The van der Waals surface area contributed by atoms with Gasteiger partial charge in [-0.15, -0.1) is 0 Å². The molecule has 1 aliphatic rings. The molecule has 1 aromatic rings. The van der Waals surface area contributed by atoms with Gasteiger partial charge in [0.25, 0.3) is 0 Å². The van der Waals surface area contributed by atoms with E-state index in [1.165, 1.54) is 11.1 Å². The van der Waals surface area contributed by atoms with E-state index >= 15 is 0 Å². The van der Waals surface area contributed by atoms with Crippen molar-refractivity contribution in [2.75, 3.05) is 6.61 Å². The second-order valence-corrected chi connectivity index (χ2v) is 6.11. The molecule has 2 rings (SSSR count). The summed E-state index contributed by atoms with van der Waals surface area (Å²) in [5.74, 6) is 1.00. The first-order valence-electron chi connectivity index (χ1n) is 6.47. The van der Waals surface area contributed by atoms with Gasteiger partial charge in [-0.25, -0.2) is 0 Å². The third-order valence-corrected chi connectivity index (χ3v) is 4.01. The van der Waals surface area contributed by atoms with E-state index in [2.05, 4.69) is 54.9 Å². The molecule has 0 aliphatic carbocycles. The highest BCUT2D eigenvalue weighted by atomic mass is 79.9. The van der Waals surface area contributed by atoms with Crippen molar-refractivity contribution in [3.63, 3.8) is 0 Å². The van der Waals surface area contributed by atoms with E-state index in [9.17, 15) is 0 Å². The third kappa shape index (κ3) is 3.27. The van der Waals surface area contributed by atoms with Crippen LogP contribution < -0.4 is 4.74 Å². The molecule has 0 N–H and O–H groups in total. The predicted molar refractivity (Wildman–Crippen MR) is 77.5 cm³/mol. The molecule has 1 fully saturated rings. The molecule has 0 amide bonds. The molecule has 1 heterocycles. The van der Waals surface area contributed by atoms with Crippen LogP contribution >= 0.6 is 15.9 Å². The molecule has 1 atom stereocenters. The van der Waals surface area contributed by atoms with E-state index in [1.54, 1.807) is 0 Å². The minimum atomic E-state index is 0.0119. The van der Waals surface area contributed by atoms with Crippen molar-refractivity contribution in [3.05, 3.63) is 29.3 Å². The molecule has 1 saturated heterocycles. The summed E-state index contributed by atoms with van der Waals surface area (Å²) in [6.45, 7) is 7.02. The van der Waals surface area contributed by atoms with E-state index < -0.39 is 0 Å². The highest BCUT2D eigenvalue weighted by Gasteiger charge is 2.32. The Morgan fingerprint density at radius 2 is 2.22 bits per heavy atom. The first-order valence-corrected chi connectivity index (χ1v) is 7.59. The number of para-hydroxylation sites is 1. The Morgan fingerprint density at radius 1 is 1.44 bits per heavy atom. The Balaban J connectivity index is 1.98. The first kappa shape index (κ1) is 13.9. The Bertz CT molecular complexity index is 415. The minimum absolute atomic E-state index is 0.0119. The summed E-state index contributed by atoms with van der Waals surface area (Å²) in [6, 6.07) is 6.24. The fourth-order valence-corrected chi connectivity index (χ4v) is 2.84. The van der Waals surface area contributed by atoms with E-state index in [0.717, 1.165) is 23.9 Å². The monoisotopic (exact) mass is 312 g/mol. The van der Waals surface area contributed by atoms with Gasteiger partial charge < -0.3 is 9.47 Å². The molecule has 0 bridgehead atoms. The number of alkyl halides is 1. The van der Waals surface area contributed by atoms with Crippen LogP contribution in [0.3, 0.4) is 0 Å². The quantitative estimate of drug-likeness (QED) is 0.775. The Labute approximate surface area is 118 Å². The van der Waals surface area contributed by atoms with Gasteiger partial charge >= 0.3 is 0 Å². The maximum atomic E-state index is 5.98. The third-order valence-electron chi connectivity index (χ3n) is 3.41. The summed E-state index contributed by atoms with van der Waals surface area (Å²) >= 11 is 3.50. The van der Waals surface area contributed by atoms with Crippen molar-refractivity contribution in [2.24, 2.45) is 0 Å². The SMILES string of the molecule is Cc1cccc(CBr)c1OCC1CCC(C)(C)O1. The van der Waals surface area contributed by atoms with Crippen molar-refractivity contribution in [3.8, 4) is 5.75 Å². The van der Waals surface area contributed by atoms with Crippen LogP contribution in [0.25, 0.3) is 0 Å². The lowest BCUT2D eigenvalue weighted by Crippen LogP contribution is -2.24. The largest absolute Gasteiger partial charge is 0.490 e. The average molecular weight is 313 g/mol. The van der Waals surface area contributed by atoms with Gasteiger partial charge in [0.15, 0.2) is 0 Å². The van der Waals surface area contributed by atoms with Gasteiger partial charge in [0.2, 0.25) is 0 Å². The second kappa shape index (κ2) is 5.62. The zero-order valence-corrected chi connectivity index (χ0v) is 12.9. The van der Waals surface area contributed by atoms with Gasteiger partial charge in [0.05, 0.1) is 11.7 Å². The molecule has 100 valence electrons. The summed E-state index contributed by atoms with van der Waals surface area (Å²) in [6.07, 6.45) is 2.42. The average Bonchev–Trinajstić information content (AvgIpc) is 2.67. The van der Waals surface area contributed by atoms with Crippen LogP contribution in [0.1, 0.15) is 37.8 Å². The van der Waals surface area contributed by atoms with Crippen molar-refractivity contribution >= 4 is 15.9 Å². The lowest BCUT2D eigenvalue weighted by molar-refractivity contribution is -0.0328. The maximum Gasteiger partial charge on any atom is 0.126 e. The Hall–Kier alpha value is -0.540. The highest BCUT2D eigenvalue weighted by molar-refractivity contribution is 9.08. The van der Waals surface area contributed by atoms with Crippen LogP contribution in [-0.2, 0) is 10.1 Å². The molecular formula is C15H21BrO2. The van der Waals surface area contributed by atoms with Crippen LogP contribution in [0, 0.1) is 6.92 Å². The predicted octanol–water partition coefficient (Wildman–Crippen LogP) is 4.23. The summed E-state index contributed by atoms with van der Waals surface area (Å²) in [4.78, 5) is 0. The van der Waals surface area contributed by atoms with Crippen LogP contribution in [0.15, 0.2) is 18.2 Å². The molecule has 1 aliphatic heterocycles. The van der Waals surface area contributed by atoms with Crippen molar-refractivity contribution in [1.82, 2.24) is 0 Å². The standard InChI is InChI=1S/C15H21BrO2/c1-11-5-4-6-12(9-16)14(11)17-10-13-7-8-15(2,3)18-13/h4-6,13H,7-10H2,1-3H3. The molecular weight excluding hydrogens is 292 g/mol. The van der Waals surface area contributed by atoms with Crippen LogP contribution in [-0.4, -0.2) is 18.3 Å². The maximum absolute atomic E-state index is 5.98. The summed E-state index contributed by atoms with van der Waals surface area (Å²) in [7, 11) is 0. The molecule has 1 unspecified atom stereocenters. The summed E-state index contributed by atoms with van der Waals surface area (Å²) in [5, 5.41) is 0.820. The smallest absolute Gasteiger partial charge is 0.126 e. The molecule has 18 heavy (non-hydrogen) atoms. The molecule has 0 saturated carbocycles. The van der Waals surface area contributed by atoms with Gasteiger partial charge in [-0.05, 0) is 39.2 Å². The second-order valence-electron chi connectivity index (χ2n) is 5.55. The number of ether oxygens (including phenoxy) is 2. The van der Waals surface area contributed by atoms with Crippen LogP contribution in [0.2, 0.25) is 0 Å². The Kier molecular flexibility index (Phi) is 4.33. The fourth-order valence-electron chi connectivity index (χ4n) is 2.40. The van der Waals surface area contributed by atoms with Crippen molar-refractivity contribution in [1.29, 1.82) is 0 Å².